The number of aryl methyl sites for hydroxylation is 1. The van der Waals surface area contributed by atoms with Gasteiger partial charge in [0.1, 0.15) is 12.1 Å². The zero-order chi connectivity index (χ0) is 17.9. The summed E-state index contributed by atoms with van der Waals surface area (Å²) in [5, 5.41) is 8.50. The molecule has 0 aliphatic heterocycles. The maximum atomic E-state index is 12.6. The van der Waals surface area contributed by atoms with Crippen molar-refractivity contribution in [2.45, 2.75) is 14.9 Å². The minimum atomic E-state index is -3.71. The van der Waals surface area contributed by atoms with Crippen LogP contribution < -0.4 is 9.46 Å². The number of hydrogen-bond acceptors (Lipinski definition) is 6. The highest BCUT2D eigenvalue weighted by molar-refractivity contribution is 7.99. The maximum absolute atomic E-state index is 12.6. The molecule has 0 fully saturated rings. The SMILES string of the molecule is COc1ccc(S(=O)(=O)Nc2ccccc2Sc2nncn2C)cc1. The lowest BCUT2D eigenvalue weighted by atomic mass is 10.3. The van der Waals surface area contributed by atoms with Crippen molar-refractivity contribution in [1.29, 1.82) is 0 Å². The number of hydrogen-bond donors (Lipinski definition) is 1. The Hall–Kier alpha value is -2.52. The Morgan fingerprint density at radius 3 is 2.48 bits per heavy atom. The molecule has 130 valence electrons. The number of methoxy groups -OCH3 is 1. The van der Waals surface area contributed by atoms with Crippen LogP contribution >= 0.6 is 11.8 Å². The van der Waals surface area contributed by atoms with Crippen molar-refractivity contribution in [3.8, 4) is 5.75 Å². The number of anilines is 1. The van der Waals surface area contributed by atoms with Gasteiger partial charge in [-0.3, -0.25) is 4.72 Å². The summed E-state index contributed by atoms with van der Waals surface area (Å²) in [6.07, 6.45) is 1.59. The largest absolute Gasteiger partial charge is 0.497 e. The van der Waals surface area contributed by atoms with Crippen LogP contribution in [0, 0.1) is 0 Å². The summed E-state index contributed by atoms with van der Waals surface area (Å²) in [6, 6.07) is 13.4. The molecule has 7 nitrogen and oxygen atoms in total. The number of aromatic nitrogens is 3. The van der Waals surface area contributed by atoms with E-state index in [1.165, 1.54) is 31.0 Å². The molecule has 25 heavy (non-hydrogen) atoms. The second kappa shape index (κ2) is 7.16. The van der Waals surface area contributed by atoms with Crippen molar-refractivity contribution in [2.24, 2.45) is 7.05 Å². The van der Waals surface area contributed by atoms with Gasteiger partial charge < -0.3 is 9.30 Å². The van der Waals surface area contributed by atoms with Crippen molar-refractivity contribution in [3.05, 3.63) is 54.9 Å². The molecule has 0 bridgehead atoms. The number of benzene rings is 2. The van der Waals surface area contributed by atoms with E-state index >= 15 is 0 Å². The average Bonchev–Trinajstić information content (AvgIpc) is 3.01. The van der Waals surface area contributed by atoms with Crippen molar-refractivity contribution < 1.29 is 13.2 Å². The quantitative estimate of drug-likeness (QED) is 0.712. The van der Waals surface area contributed by atoms with Crippen LogP contribution in [0.3, 0.4) is 0 Å². The van der Waals surface area contributed by atoms with E-state index < -0.39 is 10.0 Å². The van der Waals surface area contributed by atoms with Crippen LogP contribution in [0.15, 0.2) is 69.8 Å². The Morgan fingerprint density at radius 2 is 1.84 bits per heavy atom. The van der Waals surface area contributed by atoms with Crippen molar-refractivity contribution in [2.75, 3.05) is 11.8 Å². The van der Waals surface area contributed by atoms with E-state index in [0.29, 0.717) is 16.6 Å². The lowest BCUT2D eigenvalue weighted by molar-refractivity contribution is 0.414. The molecule has 0 aliphatic carbocycles. The summed E-state index contributed by atoms with van der Waals surface area (Å²) in [4.78, 5) is 0.891. The molecule has 2 aromatic carbocycles. The molecular formula is C16H16N4O3S2. The lowest BCUT2D eigenvalue weighted by Gasteiger charge is -2.12. The fraction of sp³-hybridized carbons (Fsp3) is 0.125. The minimum Gasteiger partial charge on any atom is -0.497 e. The first kappa shape index (κ1) is 17.3. The fourth-order valence-electron chi connectivity index (χ4n) is 2.06. The van der Waals surface area contributed by atoms with Crippen molar-refractivity contribution in [3.63, 3.8) is 0 Å². The summed E-state index contributed by atoms with van der Waals surface area (Å²) < 4.78 is 34.7. The van der Waals surface area contributed by atoms with Crippen LogP contribution in [0.1, 0.15) is 0 Å². The van der Waals surface area contributed by atoms with Crippen LogP contribution in [-0.4, -0.2) is 30.3 Å². The minimum absolute atomic E-state index is 0.159. The van der Waals surface area contributed by atoms with Gasteiger partial charge in [0.05, 0.1) is 17.7 Å². The second-order valence-electron chi connectivity index (χ2n) is 5.10. The molecule has 3 rings (SSSR count). The fourth-order valence-corrected chi connectivity index (χ4v) is 4.06. The molecule has 1 aromatic heterocycles. The van der Waals surface area contributed by atoms with E-state index in [0.717, 1.165) is 4.90 Å². The third kappa shape index (κ3) is 3.94. The Kier molecular flexibility index (Phi) is 4.95. The first-order valence-corrected chi connectivity index (χ1v) is 9.57. The molecule has 0 unspecified atom stereocenters. The number of ether oxygens (including phenoxy) is 1. The zero-order valence-electron chi connectivity index (χ0n) is 13.6. The highest BCUT2D eigenvalue weighted by atomic mass is 32.2. The smallest absolute Gasteiger partial charge is 0.261 e. The topological polar surface area (TPSA) is 86.1 Å². The third-order valence-corrected chi connectivity index (χ3v) is 5.88. The van der Waals surface area contributed by atoms with Gasteiger partial charge in [-0.05, 0) is 48.2 Å². The monoisotopic (exact) mass is 376 g/mol. The molecule has 0 saturated heterocycles. The molecular weight excluding hydrogens is 360 g/mol. The van der Waals surface area contributed by atoms with Crippen LogP contribution in [0.25, 0.3) is 0 Å². The van der Waals surface area contributed by atoms with Crippen LogP contribution in [0.4, 0.5) is 5.69 Å². The molecule has 1 heterocycles. The number of sulfonamides is 1. The predicted octanol–water partition coefficient (Wildman–Crippen LogP) is 2.78. The Morgan fingerprint density at radius 1 is 1.12 bits per heavy atom. The Bertz CT molecular complexity index is 969. The molecule has 1 N–H and O–H groups in total. The normalized spacial score (nSPS) is 11.3. The zero-order valence-corrected chi connectivity index (χ0v) is 15.2. The third-order valence-electron chi connectivity index (χ3n) is 3.37. The number of nitrogens with zero attached hydrogens (tertiary/aromatic N) is 3. The molecule has 0 saturated carbocycles. The van der Waals surface area contributed by atoms with E-state index in [1.54, 1.807) is 35.2 Å². The summed E-state index contributed by atoms with van der Waals surface area (Å²) >= 11 is 1.33. The van der Waals surface area contributed by atoms with Gasteiger partial charge in [-0.25, -0.2) is 8.42 Å². The molecule has 9 heteroatoms. The van der Waals surface area contributed by atoms with Crippen LogP contribution in [0.5, 0.6) is 5.75 Å². The van der Waals surface area contributed by atoms with Gasteiger partial charge in [0.2, 0.25) is 0 Å². The average molecular weight is 376 g/mol. The first-order chi connectivity index (χ1) is 12.0. The van der Waals surface area contributed by atoms with Gasteiger partial charge >= 0.3 is 0 Å². The highest BCUT2D eigenvalue weighted by Gasteiger charge is 2.17. The van der Waals surface area contributed by atoms with Crippen molar-refractivity contribution >= 4 is 27.5 Å². The summed E-state index contributed by atoms with van der Waals surface area (Å²) in [5.74, 6) is 0.595. The van der Waals surface area contributed by atoms with Gasteiger partial charge in [0.25, 0.3) is 10.0 Å². The molecule has 0 amide bonds. The van der Waals surface area contributed by atoms with E-state index in [9.17, 15) is 8.42 Å². The second-order valence-corrected chi connectivity index (χ2v) is 7.80. The molecule has 3 aromatic rings. The predicted molar refractivity (Wildman–Crippen MR) is 95.4 cm³/mol. The maximum Gasteiger partial charge on any atom is 0.261 e. The van der Waals surface area contributed by atoms with Gasteiger partial charge in [0, 0.05) is 11.9 Å². The Labute approximate surface area is 150 Å². The highest BCUT2D eigenvalue weighted by Crippen LogP contribution is 2.33. The van der Waals surface area contributed by atoms with E-state index in [-0.39, 0.29) is 4.90 Å². The van der Waals surface area contributed by atoms with Crippen LogP contribution in [0.2, 0.25) is 0 Å². The van der Waals surface area contributed by atoms with Crippen molar-refractivity contribution in [1.82, 2.24) is 14.8 Å². The van der Waals surface area contributed by atoms with Gasteiger partial charge in [-0.15, -0.1) is 10.2 Å². The summed E-state index contributed by atoms with van der Waals surface area (Å²) in [5.41, 5.74) is 0.478. The molecule has 0 spiro atoms. The number of para-hydroxylation sites is 1. The summed E-state index contributed by atoms with van der Waals surface area (Å²) in [6.45, 7) is 0. The van der Waals surface area contributed by atoms with Gasteiger partial charge in [0.15, 0.2) is 5.16 Å². The van der Waals surface area contributed by atoms with Crippen LogP contribution in [-0.2, 0) is 17.1 Å². The van der Waals surface area contributed by atoms with Gasteiger partial charge in [-0.1, -0.05) is 12.1 Å². The number of nitrogens with one attached hydrogen (secondary N) is 1. The van der Waals surface area contributed by atoms with E-state index in [2.05, 4.69) is 14.9 Å². The standard InChI is InChI=1S/C16H16N4O3S2/c1-20-11-17-18-16(20)24-15-6-4-3-5-14(15)19-25(21,22)13-9-7-12(23-2)8-10-13/h3-11,19H,1-2H3. The van der Waals surface area contributed by atoms with E-state index in [1.807, 2.05) is 19.2 Å². The summed E-state index contributed by atoms with van der Waals surface area (Å²) in [7, 11) is -0.356. The lowest BCUT2D eigenvalue weighted by Crippen LogP contribution is -2.13. The molecule has 0 radical (unpaired) electrons. The Balaban J connectivity index is 1.88. The van der Waals surface area contributed by atoms with E-state index in [4.69, 9.17) is 4.74 Å². The number of rotatable bonds is 6. The molecule has 0 aliphatic rings. The first-order valence-electron chi connectivity index (χ1n) is 7.27. The molecule has 0 atom stereocenters. The van der Waals surface area contributed by atoms with Gasteiger partial charge in [-0.2, -0.15) is 0 Å².